The van der Waals surface area contributed by atoms with Crippen LogP contribution in [0, 0.1) is 0 Å². The Labute approximate surface area is 126 Å². The second-order valence-corrected chi connectivity index (χ2v) is 6.66. The lowest BCUT2D eigenvalue weighted by molar-refractivity contribution is 0.164. The van der Waals surface area contributed by atoms with Crippen molar-refractivity contribution < 1.29 is 17.9 Å². The molecule has 0 aromatic carbocycles. The van der Waals surface area contributed by atoms with Gasteiger partial charge in [0.2, 0.25) is 10.0 Å². The van der Waals surface area contributed by atoms with E-state index in [-0.39, 0.29) is 4.90 Å². The number of sulfonamides is 1. The third-order valence-electron chi connectivity index (χ3n) is 3.23. The van der Waals surface area contributed by atoms with Crippen LogP contribution >= 0.6 is 0 Å². The number of hydrogen-bond donors (Lipinski definition) is 1. The monoisotopic (exact) mass is 319 g/mol. The van der Waals surface area contributed by atoms with Crippen molar-refractivity contribution in [1.82, 2.24) is 8.87 Å². The van der Waals surface area contributed by atoms with E-state index in [0.29, 0.717) is 39.3 Å². The van der Waals surface area contributed by atoms with E-state index in [9.17, 15) is 8.42 Å². The molecule has 1 heterocycles. The third-order valence-corrected chi connectivity index (χ3v) is 5.09. The van der Waals surface area contributed by atoms with Crippen molar-refractivity contribution in [3.63, 3.8) is 0 Å². The molecule has 1 rings (SSSR count). The Bertz CT molecular complexity index is 528. The molecule has 0 bridgehead atoms. The molecule has 0 saturated carbocycles. The summed E-state index contributed by atoms with van der Waals surface area (Å²) >= 11 is 0. The summed E-state index contributed by atoms with van der Waals surface area (Å²) in [5, 5.41) is 0. The first kappa shape index (κ1) is 18.1. The summed E-state index contributed by atoms with van der Waals surface area (Å²) in [4.78, 5) is 0.263. The highest BCUT2D eigenvalue weighted by Crippen LogP contribution is 2.18. The molecule has 0 aliphatic carbocycles. The SMILES string of the molecule is COCCCN(CCOC)S(=O)(=O)c1cc(CN)n(C)c1. The summed E-state index contributed by atoms with van der Waals surface area (Å²) in [6.07, 6.45) is 2.23. The topological polar surface area (TPSA) is 86.8 Å². The minimum Gasteiger partial charge on any atom is -0.385 e. The number of aromatic nitrogens is 1. The molecule has 0 aliphatic rings. The van der Waals surface area contributed by atoms with E-state index in [0.717, 1.165) is 5.69 Å². The highest BCUT2D eigenvalue weighted by molar-refractivity contribution is 7.89. The molecule has 8 heteroatoms. The fourth-order valence-electron chi connectivity index (χ4n) is 2.00. The number of nitrogens with zero attached hydrogens (tertiary/aromatic N) is 2. The highest BCUT2D eigenvalue weighted by atomic mass is 32.2. The average Bonchev–Trinajstić information content (AvgIpc) is 2.84. The molecule has 0 atom stereocenters. The molecule has 0 saturated heterocycles. The Morgan fingerprint density at radius 2 is 1.90 bits per heavy atom. The third kappa shape index (κ3) is 4.79. The van der Waals surface area contributed by atoms with Gasteiger partial charge in [-0.2, -0.15) is 4.31 Å². The second kappa shape index (κ2) is 8.50. The summed E-state index contributed by atoms with van der Waals surface area (Å²) in [5.74, 6) is 0. The van der Waals surface area contributed by atoms with Crippen molar-refractivity contribution >= 4 is 10.0 Å². The molecular weight excluding hydrogens is 294 g/mol. The molecule has 0 amide bonds. The van der Waals surface area contributed by atoms with Gasteiger partial charge in [-0.1, -0.05) is 0 Å². The van der Waals surface area contributed by atoms with E-state index in [2.05, 4.69) is 0 Å². The molecule has 0 fully saturated rings. The lowest BCUT2D eigenvalue weighted by Gasteiger charge is -2.21. The standard InChI is InChI=1S/C13H25N3O4S/c1-15-11-13(9-12(15)10-14)21(17,18)16(6-8-20-3)5-4-7-19-2/h9,11H,4-8,10,14H2,1-3H3. The Balaban J connectivity index is 2.95. The summed E-state index contributed by atoms with van der Waals surface area (Å²) in [6.45, 7) is 1.88. The number of nitrogens with two attached hydrogens (primary N) is 1. The molecule has 0 spiro atoms. The molecular formula is C13H25N3O4S. The highest BCUT2D eigenvalue weighted by Gasteiger charge is 2.25. The van der Waals surface area contributed by atoms with Crippen molar-refractivity contribution in [2.24, 2.45) is 12.8 Å². The van der Waals surface area contributed by atoms with Gasteiger partial charge in [0.1, 0.15) is 4.90 Å². The molecule has 122 valence electrons. The van der Waals surface area contributed by atoms with Crippen molar-refractivity contribution in [3.05, 3.63) is 18.0 Å². The molecule has 0 radical (unpaired) electrons. The average molecular weight is 319 g/mol. The quantitative estimate of drug-likeness (QED) is 0.621. The summed E-state index contributed by atoms with van der Waals surface area (Å²) in [6, 6.07) is 1.62. The summed E-state index contributed by atoms with van der Waals surface area (Å²) < 4.78 is 38.5. The zero-order chi connectivity index (χ0) is 15.9. The van der Waals surface area contributed by atoms with Gasteiger partial charge in [-0.05, 0) is 12.5 Å². The number of rotatable bonds is 10. The zero-order valence-electron chi connectivity index (χ0n) is 12.9. The molecule has 21 heavy (non-hydrogen) atoms. The maximum atomic E-state index is 12.7. The van der Waals surface area contributed by atoms with Crippen LogP contribution in [0.2, 0.25) is 0 Å². The van der Waals surface area contributed by atoms with Gasteiger partial charge in [-0.15, -0.1) is 0 Å². The van der Waals surface area contributed by atoms with Gasteiger partial charge in [-0.3, -0.25) is 0 Å². The van der Waals surface area contributed by atoms with Crippen LogP contribution < -0.4 is 5.73 Å². The molecule has 1 aromatic heterocycles. The number of methoxy groups -OCH3 is 2. The normalized spacial score (nSPS) is 12.2. The van der Waals surface area contributed by atoms with Crippen molar-refractivity contribution in [1.29, 1.82) is 0 Å². The van der Waals surface area contributed by atoms with Crippen LogP contribution in [0.1, 0.15) is 12.1 Å². The van der Waals surface area contributed by atoms with Crippen LogP contribution in [0.3, 0.4) is 0 Å². The number of ether oxygens (including phenoxy) is 2. The fraction of sp³-hybridized carbons (Fsp3) is 0.692. The lowest BCUT2D eigenvalue weighted by atomic mass is 10.4. The van der Waals surface area contributed by atoms with Crippen LogP contribution in [-0.4, -0.2) is 57.8 Å². The molecule has 0 aliphatic heterocycles. The number of aryl methyl sites for hydroxylation is 1. The minimum atomic E-state index is -3.54. The van der Waals surface area contributed by atoms with Crippen LogP contribution in [0.4, 0.5) is 0 Å². The maximum Gasteiger partial charge on any atom is 0.244 e. The van der Waals surface area contributed by atoms with E-state index in [1.54, 1.807) is 38.1 Å². The molecule has 7 nitrogen and oxygen atoms in total. The maximum absolute atomic E-state index is 12.7. The van der Waals surface area contributed by atoms with Gasteiger partial charge in [-0.25, -0.2) is 8.42 Å². The number of hydrogen-bond acceptors (Lipinski definition) is 5. The second-order valence-electron chi connectivity index (χ2n) is 4.73. The largest absolute Gasteiger partial charge is 0.385 e. The van der Waals surface area contributed by atoms with Gasteiger partial charge >= 0.3 is 0 Å². The van der Waals surface area contributed by atoms with Gasteiger partial charge in [0.15, 0.2) is 0 Å². The van der Waals surface area contributed by atoms with Crippen LogP contribution in [0.15, 0.2) is 17.2 Å². The van der Waals surface area contributed by atoms with E-state index in [1.165, 1.54) is 4.31 Å². The van der Waals surface area contributed by atoms with Gasteiger partial charge in [0.25, 0.3) is 0 Å². The van der Waals surface area contributed by atoms with Crippen molar-refractivity contribution in [2.45, 2.75) is 17.9 Å². The first-order valence-electron chi connectivity index (χ1n) is 6.80. The van der Waals surface area contributed by atoms with Crippen molar-refractivity contribution in [2.75, 3.05) is 40.5 Å². The Hall–Kier alpha value is -0.930. The molecule has 1 aromatic rings. The smallest absolute Gasteiger partial charge is 0.244 e. The first-order chi connectivity index (χ1) is 9.97. The van der Waals surface area contributed by atoms with Crippen LogP contribution in [-0.2, 0) is 33.1 Å². The van der Waals surface area contributed by atoms with Gasteiger partial charge in [0.05, 0.1) is 6.61 Å². The van der Waals surface area contributed by atoms with Crippen LogP contribution in [0.5, 0.6) is 0 Å². The summed E-state index contributed by atoms with van der Waals surface area (Å²) in [7, 11) is 1.39. The lowest BCUT2D eigenvalue weighted by Crippen LogP contribution is -2.35. The predicted molar refractivity (Wildman–Crippen MR) is 80.4 cm³/mol. The Kier molecular flexibility index (Phi) is 7.33. The Morgan fingerprint density at radius 3 is 2.43 bits per heavy atom. The minimum absolute atomic E-state index is 0.263. The fourth-order valence-corrected chi connectivity index (χ4v) is 3.56. The van der Waals surface area contributed by atoms with Gasteiger partial charge in [0, 0.05) is 59.4 Å². The molecule has 0 unspecified atom stereocenters. The summed E-state index contributed by atoms with van der Waals surface area (Å²) in [5.41, 5.74) is 6.37. The predicted octanol–water partition coefficient (Wildman–Crippen LogP) is 0.157. The van der Waals surface area contributed by atoms with E-state index in [1.807, 2.05) is 0 Å². The first-order valence-corrected chi connectivity index (χ1v) is 8.24. The van der Waals surface area contributed by atoms with Crippen LogP contribution in [0.25, 0.3) is 0 Å². The van der Waals surface area contributed by atoms with Crippen molar-refractivity contribution in [3.8, 4) is 0 Å². The Morgan fingerprint density at radius 1 is 1.24 bits per heavy atom. The van der Waals surface area contributed by atoms with E-state index in [4.69, 9.17) is 15.2 Å². The van der Waals surface area contributed by atoms with E-state index >= 15 is 0 Å². The molecule has 2 N–H and O–H groups in total. The van der Waals surface area contributed by atoms with Gasteiger partial charge < -0.3 is 19.8 Å². The zero-order valence-corrected chi connectivity index (χ0v) is 13.7. The van der Waals surface area contributed by atoms with E-state index < -0.39 is 10.0 Å².